The van der Waals surface area contributed by atoms with Gasteiger partial charge in [0.15, 0.2) is 0 Å². The van der Waals surface area contributed by atoms with Crippen LogP contribution in [0.25, 0.3) is 0 Å². The fourth-order valence-corrected chi connectivity index (χ4v) is 2.55. The zero-order valence-electron chi connectivity index (χ0n) is 12.4. The molecule has 1 heterocycles. The standard InChI is InChI=1S/C14H18N4O3S/c1-10-9-13(18(2)17-10)16-14(19)8-5-11-3-6-12(7-4-11)22(15,20)21/h3-4,6-7,9H,5,8H2,1-2H3,(H,16,19)(H2,15,20,21). The predicted molar refractivity (Wildman–Crippen MR) is 82.7 cm³/mol. The van der Waals surface area contributed by atoms with Crippen molar-refractivity contribution in [1.29, 1.82) is 0 Å². The summed E-state index contributed by atoms with van der Waals surface area (Å²) < 4.78 is 23.9. The van der Waals surface area contributed by atoms with Crippen molar-refractivity contribution in [3.63, 3.8) is 0 Å². The van der Waals surface area contributed by atoms with Crippen LogP contribution in [-0.4, -0.2) is 24.1 Å². The highest BCUT2D eigenvalue weighted by Crippen LogP contribution is 2.12. The van der Waals surface area contributed by atoms with Gasteiger partial charge >= 0.3 is 0 Å². The molecule has 0 aliphatic rings. The number of sulfonamides is 1. The van der Waals surface area contributed by atoms with Gasteiger partial charge in [-0.05, 0) is 31.0 Å². The van der Waals surface area contributed by atoms with Gasteiger partial charge in [-0.3, -0.25) is 9.48 Å². The molecule has 0 aliphatic carbocycles. The molecule has 0 saturated heterocycles. The minimum Gasteiger partial charge on any atom is -0.311 e. The van der Waals surface area contributed by atoms with Crippen molar-refractivity contribution in [3.05, 3.63) is 41.6 Å². The second-order valence-electron chi connectivity index (χ2n) is 5.03. The molecule has 118 valence electrons. The largest absolute Gasteiger partial charge is 0.311 e. The summed E-state index contributed by atoms with van der Waals surface area (Å²) in [5.74, 6) is 0.519. The van der Waals surface area contributed by atoms with Gasteiger partial charge in [-0.2, -0.15) is 5.10 Å². The number of aromatic nitrogens is 2. The van der Waals surface area contributed by atoms with Crippen LogP contribution < -0.4 is 10.5 Å². The molecule has 2 rings (SSSR count). The molecule has 0 bridgehead atoms. The number of carbonyl (C=O) groups is 1. The van der Waals surface area contributed by atoms with Crippen LogP contribution in [0.3, 0.4) is 0 Å². The Hall–Kier alpha value is -2.19. The van der Waals surface area contributed by atoms with Gasteiger partial charge in [0, 0.05) is 19.5 Å². The van der Waals surface area contributed by atoms with Crippen LogP contribution in [0.4, 0.5) is 5.82 Å². The van der Waals surface area contributed by atoms with E-state index < -0.39 is 10.0 Å². The summed E-state index contributed by atoms with van der Waals surface area (Å²) in [4.78, 5) is 12.0. The zero-order chi connectivity index (χ0) is 16.3. The zero-order valence-corrected chi connectivity index (χ0v) is 13.2. The lowest BCUT2D eigenvalue weighted by Crippen LogP contribution is -2.15. The number of rotatable bonds is 5. The lowest BCUT2D eigenvalue weighted by molar-refractivity contribution is -0.116. The van der Waals surface area contributed by atoms with E-state index in [-0.39, 0.29) is 10.8 Å². The number of amides is 1. The number of nitrogens with two attached hydrogens (primary N) is 1. The molecule has 22 heavy (non-hydrogen) atoms. The van der Waals surface area contributed by atoms with Crippen LogP contribution in [0.5, 0.6) is 0 Å². The lowest BCUT2D eigenvalue weighted by atomic mass is 10.1. The summed E-state index contributed by atoms with van der Waals surface area (Å²) >= 11 is 0. The van der Waals surface area contributed by atoms with Crippen molar-refractivity contribution in [1.82, 2.24) is 9.78 Å². The average molecular weight is 322 g/mol. The quantitative estimate of drug-likeness (QED) is 0.854. The Balaban J connectivity index is 1.92. The van der Waals surface area contributed by atoms with Crippen LogP contribution in [-0.2, 0) is 28.3 Å². The van der Waals surface area contributed by atoms with Gasteiger partial charge in [0.2, 0.25) is 15.9 Å². The van der Waals surface area contributed by atoms with Gasteiger partial charge in [-0.25, -0.2) is 13.6 Å². The summed E-state index contributed by atoms with van der Waals surface area (Å²) in [6, 6.07) is 7.97. The molecule has 1 amide bonds. The van der Waals surface area contributed by atoms with Crippen LogP contribution >= 0.6 is 0 Å². The Morgan fingerprint density at radius 1 is 1.32 bits per heavy atom. The van der Waals surface area contributed by atoms with E-state index in [2.05, 4.69) is 10.4 Å². The Morgan fingerprint density at radius 2 is 1.95 bits per heavy atom. The Morgan fingerprint density at radius 3 is 2.45 bits per heavy atom. The number of hydrogen-bond acceptors (Lipinski definition) is 4. The number of anilines is 1. The number of benzene rings is 1. The van der Waals surface area contributed by atoms with Gasteiger partial charge in [-0.1, -0.05) is 12.1 Å². The molecular formula is C14H18N4O3S. The molecule has 0 aliphatic heterocycles. The van der Waals surface area contributed by atoms with Gasteiger partial charge < -0.3 is 5.32 Å². The first-order valence-corrected chi connectivity index (χ1v) is 8.22. The molecule has 1 aromatic carbocycles. The molecule has 7 nitrogen and oxygen atoms in total. The smallest absolute Gasteiger partial charge is 0.238 e. The van der Waals surface area contributed by atoms with E-state index >= 15 is 0 Å². The topological polar surface area (TPSA) is 107 Å². The fraction of sp³-hybridized carbons (Fsp3) is 0.286. The monoisotopic (exact) mass is 322 g/mol. The molecule has 0 spiro atoms. The summed E-state index contributed by atoms with van der Waals surface area (Å²) in [5.41, 5.74) is 1.69. The Labute approximate surface area is 129 Å². The predicted octanol–water partition coefficient (Wildman–Crippen LogP) is 0.947. The number of primary sulfonamides is 1. The molecule has 0 fully saturated rings. The molecule has 8 heteroatoms. The average Bonchev–Trinajstić information content (AvgIpc) is 2.74. The maximum absolute atomic E-state index is 11.9. The first-order chi connectivity index (χ1) is 10.3. The van der Waals surface area contributed by atoms with Gasteiger partial charge in [0.1, 0.15) is 5.82 Å². The number of hydrogen-bond donors (Lipinski definition) is 2. The molecule has 0 unspecified atom stereocenters. The van der Waals surface area contributed by atoms with Crippen LogP contribution in [0.2, 0.25) is 0 Å². The summed E-state index contributed by atoms with van der Waals surface area (Å²) in [6.45, 7) is 1.85. The summed E-state index contributed by atoms with van der Waals surface area (Å²) in [5, 5.41) is 12.0. The van der Waals surface area contributed by atoms with E-state index in [1.165, 1.54) is 12.1 Å². The Bertz CT molecular complexity index is 779. The van der Waals surface area contributed by atoms with Crippen molar-refractivity contribution in [2.75, 3.05) is 5.32 Å². The molecular weight excluding hydrogens is 304 g/mol. The molecule has 3 N–H and O–H groups in total. The van der Waals surface area contributed by atoms with Gasteiger partial charge in [-0.15, -0.1) is 0 Å². The minimum absolute atomic E-state index is 0.0612. The third kappa shape index (κ3) is 4.15. The fourth-order valence-electron chi connectivity index (χ4n) is 2.04. The molecule has 0 saturated carbocycles. The maximum Gasteiger partial charge on any atom is 0.238 e. The van der Waals surface area contributed by atoms with E-state index in [9.17, 15) is 13.2 Å². The van der Waals surface area contributed by atoms with Crippen molar-refractivity contribution in [2.45, 2.75) is 24.7 Å². The van der Waals surface area contributed by atoms with Crippen LogP contribution in [0.1, 0.15) is 17.7 Å². The third-order valence-corrected chi connectivity index (χ3v) is 4.09. The minimum atomic E-state index is -3.68. The molecule has 0 atom stereocenters. The van der Waals surface area contributed by atoms with Crippen molar-refractivity contribution < 1.29 is 13.2 Å². The molecule has 1 aromatic heterocycles. The van der Waals surface area contributed by atoms with Gasteiger partial charge in [0.25, 0.3) is 0 Å². The number of nitrogens with zero attached hydrogens (tertiary/aromatic N) is 2. The van der Waals surface area contributed by atoms with Crippen molar-refractivity contribution in [3.8, 4) is 0 Å². The van der Waals surface area contributed by atoms with Gasteiger partial charge in [0.05, 0.1) is 10.6 Å². The first kappa shape index (κ1) is 16.2. The second-order valence-corrected chi connectivity index (χ2v) is 6.59. The van der Waals surface area contributed by atoms with E-state index in [1.54, 1.807) is 29.9 Å². The number of aryl methyl sites for hydroxylation is 3. The summed E-state index contributed by atoms with van der Waals surface area (Å²) in [6.07, 6.45) is 0.798. The Kier molecular flexibility index (Phi) is 4.62. The molecule has 0 radical (unpaired) electrons. The van der Waals surface area contributed by atoms with E-state index in [4.69, 9.17) is 5.14 Å². The highest BCUT2D eigenvalue weighted by atomic mass is 32.2. The SMILES string of the molecule is Cc1cc(NC(=O)CCc2ccc(S(N)(=O)=O)cc2)n(C)n1. The first-order valence-electron chi connectivity index (χ1n) is 6.68. The van der Waals surface area contributed by atoms with E-state index in [0.717, 1.165) is 11.3 Å². The third-order valence-electron chi connectivity index (χ3n) is 3.16. The lowest BCUT2D eigenvalue weighted by Gasteiger charge is -2.06. The second kappa shape index (κ2) is 6.29. The van der Waals surface area contributed by atoms with Crippen molar-refractivity contribution in [2.24, 2.45) is 12.2 Å². The van der Waals surface area contributed by atoms with E-state index in [0.29, 0.717) is 18.7 Å². The normalized spacial score (nSPS) is 11.4. The summed E-state index contributed by atoms with van der Waals surface area (Å²) in [7, 11) is -1.92. The van der Waals surface area contributed by atoms with Crippen molar-refractivity contribution >= 4 is 21.7 Å². The van der Waals surface area contributed by atoms with Crippen LogP contribution in [0, 0.1) is 6.92 Å². The maximum atomic E-state index is 11.9. The highest BCUT2D eigenvalue weighted by Gasteiger charge is 2.09. The van der Waals surface area contributed by atoms with Crippen LogP contribution in [0.15, 0.2) is 35.2 Å². The molecule has 2 aromatic rings. The highest BCUT2D eigenvalue weighted by molar-refractivity contribution is 7.89. The van der Waals surface area contributed by atoms with E-state index in [1.807, 2.05) is 6.92 Å². The number of carbonyl (C=O) groups excluding carboxylic acids is 1. The number of nitrogens with one attached hydrogen (secondary N) is 1.